The molecule has 0 aliphatic heterocycles. The number of aryl methyl sites for hydroxylation is 1. The molecule has 1 aromatic rings. The summed E-state index contributed by atoms with van der Waals surface area (Å²) in [5.74, 6) is 0. The van der Waals surface area contributed by atoms with E-state index in [0.717, 1.165) is 13.1 Å². The Morgan fingerprint density at radius 1 is 1.77 bits per heavy atom. The molecular formula is C9H14ClN3. The van der Waals surface area contributed by atoms with Gasteiger partial charge >= 0.3 is 0 Å². The van der Waals surface area contributed by atoms with E-state index in [4.69, 9.17) is 11.6 Å². The summed E-state index contributed by atoms with van der Waals surface area (Å²) < 4.78 is 2.09. The first-order valence-electron chi connectivity index (χ1n) is 4.27. The van der Waals surface area contributed by atoms with Crippen molar-refractivity contribution >= 4 is 11.6 Å². The Morgan fingerprint density at radius 2 is 2.54 bits per heavy atom. The number of rotatable bonds is 5. The van der Waals surface area contributed by atoms with Gasteiger partial charge in [-0.2, -0.15) is 0 Å². The van der Waals surface area contributed by atoms with Gasteiger partial charge in [0, 0.05) is 30.9 Å². The highest BCUT2D eigenvalue weighted by Crippen LogP contribution is 1.99. The van der Waals surface area contributed by atoms with Crippen molar-refractivity contribution in [2.45, 2.75) is 20.0 Å². The number of halogens is 1. The molecule has 0 unspecified atom stereocenters. The molecule has 13 heavy (non-hydrogen) atoms. The van der Waals surface area contributed by atoms with Crippen LogP contribution in [0.25, 0.3) is 0 Å². The molecule has 0 saturated heterocycles. The van der Waals surface area contributed by atoms with E-state index in [1.807, 2.05) is 12.5 Å². The third-order valence-electron chi connectivity index (χ3n) is 1.76. The summed E-state index contributed by atoms with van der Waals surface area (Å²) in [5, 5.41) is 3.80. The van der Waals surface area contributed by atoms with Crippen molar-refractivity contribution in [3.63, 3.8) is 0 Å². The third-order valence-corrected chi connectivity index (χ3v) is 1.90. The summed E-state index contributed by atoms with van der Waals surface area (Å²) >= 11 is 5.61. The van der Waals surface area contributed by atoms with Crippen LogP contribution >= 0.6 is 11.6 Å². The van der Waals surface area contributed by atoms with Gasteiger partial charge in [0.25, 0.3) is 0 Å². The lowest BCUT2D eigenvalue weighted by atomic mass is 10.4. The van der Waals surface area contributed by atoms with Gasteiger partial charge in [-0.25, -0.2) is 4.98 Å². The van der Waals surface area contributed by atoms with Crippen LogP contribution in [0.4, 0.5) is 0 Å². The van der Waals surface area contributed by atoms with Crippen LogP contribution in [-0.4, -0.2) is 16.1 Å². The first-order chi connectivity index (χ1) is 6.24. The quantitative estimate of drug-likeness (QED) is 0.783. The first-order valence-corrected chi connectivity index (χ1v) is 4.64. The molecule has 0 aromatic carbocycles. The van der Waals surface area contributed by atoms with Crippen molar-refractivity contribution in [2.75, 3.05) is 6.54 Å². The highest BCUT2D eigenvalue weighted by molar-refractivity contribution is 6.29. The van der Waals surface area contributed by atoms with Gasteiger partial charge in [0.15, 0.2) is 0 Å². The molecule has 0 aliphatic carbocycles. The monoisotopic (exact) mass is 199 g/mol. The number of aromatic nitrogens is 2. The normalized spacial score (nSPS) is 10.3. The second-order valence-electron chi connectivity index (χ2n) is 2.79. The van der Waals surface area contributed by atoms with Gasteiger partial charge in [-0.3, -0.25) is 0 Å². The molecule has 1 heterocycles. The Labute approximate surface area is 83.4 Å². The summed E-state index contributed by atoms with van der Waals surface area (Å²) in [6.07, 6.45) is 3.68. The van der Waals surface area contributed by atoms with Crippen LogP contribution in [-0.2, 0) is 13.1 Å². The Kier molecular flexibility index (Phi) is 3.99. The van der Waals surface area contributed by atoms with E-state index in [1.165, 1.54) is 5.69 Å². The van der Waals surface area contributed by atoms with Crippen molar-refractivity contribution in [1.29, 1.82) is 0 Å². The van der Waals surface area contributed by atoms with Crippen molar-refractivity contribution in [3.8, 4) is 0 Å². The number of hydrogen-bond acceptors (Lipinski definition) is 2. The van der Waals surface area contributed by atoms with Crippen LogP contribution in [0.5, 0.6) is 0 Å². The fourth-order valence-electron chi connectivity index (χ4n) is 1.11. The molecule has 0 aliphatic rings. The maximum Gasteiger partial charge on any atom is 0.0948 e. The Balaban J connectivity index is 2.40. The van der Waals surface area contributed by atoms with Crippen molar-refractivity contribution in [2.24, 2.45) is 0 Å². The van der Waals surface area contributed by atoms with Crippen LogP contribution in [0.1, 0.15) is 12.6 Å². The lowest BCUT2D eigenvalue weighted by Gasteiger charge is -2.05. The van der Waals surface area contributed by atoms with Gasteiger partial charge in [0.1, 0.15) is 0 Å². The van der Waals surface area contributed by atoms with Crippen LogP contribution in [0.2, 0.25) is 0 Å². The highest BCUT2D eigenvalue weighted by Gasteiger charge is 1.98. The number of imidazole rings is 1. The second kappa shape index (κ2) is 5.04. The molecule has 1 N–H and O–H groups in total. The van der Waals surface area contributed by atoms with E-state index < -0.39 is 0 Å². The predicted octanol–water partition coefficient (Wildman–Crippen LogP) is 1.75. The lowest BCUT2D eigenvalue weighted by Crippen LogP contribution is -2.16. The van der Waals surface area contributed by atoms with E-state index in [9.17, 15) is 0 Å². The summed E-state index contributed by atoms with van der Waals surface area (Å²) in [7, 11) is 0. The van der Waals surface area contributed by atoms with E-state index >= 15 is 0 Å². The first kappa shape index (κ1) is 10.3. The molecule has 0 fully saturated rings. The molecule has 0 saturated carbocycles. The zero-order valence-corrected chi connectivity index (χ0v) is 8.51. The average Bonchev–Trinajstić information content (AvgIpc) is 2.51. The molecule has 72 valence electrons. The SMILES string of the molecule is C=C(Cl)CNCc1cncn1CC. The van der Waals surface area contributed by atoms with Gasteiger partial charge in [-0.05, 0) is 6.92 Å². The van der Waals surface area contributed by atoms with E-state index in [2.05, 4.69) is 28.4 Å². The molecular weight excluding hydrogens is 186 g/mol. The Bertz CT molecular complexity index is 280. The van der Waals surface area contributed by atoms with Crippen molar-refractivity contribution in [1.82, 2.24) is 14.9 Å². The van der Waals surface area contributed by atoms with Crippen LogP contribution in [0, 0.1) is 0 Å². The fourth-order valence-corrected chi connectivity index (χ4v) is 1.20. The largest absolute Gasteiger partial charge is 0.334 e. The van der Waals surface area contributed by atoms with Gasteiger partial charge in [0.2, 0.25) is 0 Å². The van der Waals surface area contributed by atoms with Gasteiger partial charge < -0.3 is 9.88 Å². The summed E-state index contributed by atoms with van der Waals surface area (Å²) in [6, 6.07) is 0. The minimum Gasteiger partial charge on any atom is -0.334 e. The summed E-state index contributed by atoms with van der Waals surface area (Å²) in [6.45, 7) is 8.04. The van der Waals surface area contributed by atoms with Crippen LogP contribution in [0.3, 0.4) is 0 Å². The molecule has 1 aromatic heterocycles. The maximum absolute atomic E-state index is 5.61. The van der Waals surface area contributed by atoms with Crippen molar-refractivity contribution in [3.05, 3.63) is 29.8 Å². The van der Waals surface area contributed by atoms with Gasteiger partial charge in [-0.15, -0.1) is 0 Å². The van der Waals surface area contributed by atoms with Crippen LogP contribution in [0.15, 0.2) is 24.1 Å². The average molecular weight is 200 g/mol. The predicted molar refractivity (Wildman–Crippen MR) is 54.6 cm³/mol. The molecule has 0 amide bonds. The fraction of sp³-hybridized carbons (Fsp3) is 0.444. The molecule has 3 nitrogen and oxygen atoms in total. The maximum atomic E-state index is 5.61. The third kappa shape index (κ3) is 3.20. The molecule has 0 radical (unpaired) electrons. The summed E-state index contributed by atoms with van der Waals surface area (Å²) in [5.41, 5.74) is 1.17. The molecule has 0 bridgehead atoms. The van der Waals surface area contributed by atoms with E-state index in [0.29, 0.717) is 11.6 Å². The van der Waals surface area contributed by atoms with Gasteiger partial charge in [-0.1, -0.05) is 18.2 Å². The Hall–Kier alpha value is -0.800. The molecule has 0 spiro atoms. The van der Waals surface area contributed by atoms with E-state index in [-0.39, 0.29) is 0 Å². The standard InChI is InChI=1S/C9H14ClN3/c1-3-13-7-12-6-9(13)5-11-4-8(2)10/h6-7,11H,2-5H2,1H3. The van der Waals surface area contributed by atoms with Gasteiger partial charge in [0.05, 0.1) is 12.0 Å². The zero-order valence-electron chi connectivity index (χ0n) is 7.76. The lowest BCUT2D eigenvalue weighted by molar-refractivity contribution is 0.656. The second-order valence-corrected chi connectivity index (χ2v) is 3.33. The number of hydrogen-bond donors (Lipinski definition) is 1. The molecule has 1 rings (SSSR count). The van der Waals surface area contributed by atoms with Crippen molar-refractivity contribution < 1.29 is 0 Å². The molecule has 4 heteroatoms. The summed E-state index contributed by atoms with van der Waals surface area (Å²) in [4.78, 5) is 4.06. The smallest absolute Gasteiger partial charge is 0.0948 e. The topological polar surface area (TPSA) is 29.9 Å². The zero-order chi connectivity index (χ0) is 9.68. The minimum atomic E-state index is 0.627. The highest BCUT2D eigenvalue weighted by atomic mass is 35.5. The Morgan fingerprint density at radius 3 is 3.15 bits per heavy atom. The van der Waals surface area contributed by atoms with Crippen LogP contribution < -0.4 is 5.32 Å². The minimum absolute atomic E-state index is 0.627. The molecule has 0 atom stereocenters. The number of nitrogens with one attached hydrogen (secondary N) is 1. The van der Waals surface area contributed by atoms with E-state index in [1.54, 1.807) is 0 Å². The number of nitrogens with zero attached hydrogens (tertiary/aromatic N) is 2.